The number of aryl methyl sites for hydroxylation is 2. The Morgan fingerprint density at radius 2 is 0.712 bits per heavy atom. The summed E-state index contributed by atoms with van der Waals surface area (Å²) in [6.45, 7) is 6.63. The van der Waals surface area contributed by atoms with Crippen molar-refractivity contribution in [3.05, 3.63) is 83.9 Å². The molecule has 3 heteroatoms. The van der Waals surface area contributed by atoms with Gasteiger partial charge in [0.15, 0.2) is 5.78 Å². The van der Waals surface area contributed by atoms with E-state index in [1.54, 1.807) is 0 Å². The number of fused-ring (bicyclic) bond motifs is 9. The number of hydrogen-bond acceptors (Lipinski definition) is 1. The summed E-state index contributed by atoms with van der Waals surface area (Å²) in [5.41, 5.74) is 9.05. The average molecular weight is 695 g/mol. The fourth-order valence-corrected chi connectivity index (χ4v) is 9.15. The Morgan fingerprint density at radius 1 is 0.365 bits per heavy atom. The van der Waals surface area contributed by atoms with Crippen molar-refractivity contribution < 1.29 is 4.79 Å². The Labute approximate surface area is 312 Å². The molecule has 7 rings (SSSR count). The second kappa shape index (κ2) is 17.8. The van der Waals surface area contributed by atoms with E-state index in [4.69, 9.17) is 0 Å². The maximum Gasteiger partial charge on any atom is 0.194 e. The summed E-state index contributed by atoms with van der Waals surface area (Å²) >= 11 is 0. The van der Waals surface area contributed by atoms with Gasteiger partial charge in [0.05, 0.1) is 0 Å². The summed E-state index contributed by atoms with van der Waals surface area (Å²) < 4.78 is 5.08. The van der Waals surface area contributed by atoms with E-state index in [1.807, 2.05) is 0 Å². The molecule has 0 radical (unpaired) electrons. The number of ketones is 1. The van der Waals surface area contributed by atoms with Crippen LogP contribution in [0.4, 0.5) is 0 Å². The van der Waals surface area contributed by atoms with Gasteiger partial charge in [0, 0.05) is 67.8 Å². The molecule has 0 saturated heterocycles. The minimum Gasteiger partial charge on any atom is -0.340 e. The standard InChI is InChI=1S/C49H62N2O/c1-3-5-7-9-11-13-15-17-19-25-31-50-45-29-23-21-27-37(45)41-33-43-39(35-47(41)50)40-36-48-42(34-44(40)49(43)52)38-28-22-24-30-46(38)51(48)32-26-20-18-16-14-12-10-8-6-4-2/h21-24,27-30,33-36H,3-20,25-26,31-32H2,1-2H3. The minimum absolute atomic E-state index is 0.173. The molecule has 52 heavy (non-hydrogen) atoms. The maximum absolute atomic E-state index is 14.2. The van der Waals surface area contributed by atoms with Crippen LogP contribution in [0.25, 0.3) is 54.7 Å². The van der Waals surface area contributed by atoms with Gasteiger partial charge in [0.1, 0.15) is 0 Å². The van der Waals surface area contributed by atoms with Crippen molar-refractivity contribution >= 4 is 49.4 Å². The molecule has 2 aromatic heterocycles. The number of unbranched alkanes of at least 4 members (excludes halogenated alkanes) is 18. The highest BCUT2D eigenvalue weighted by atomic mass is 16.1. The van der Waals surface area contributed by atoms with Crippen molar-refractivity contribution in [1.82, 2.24) is 9.13 Å². The number of benzene rings is 4. The number of aromatic nitrogens is 2. The molecule has 0 unspecified atom stereocenters. The van der Waals surface area contributed by atoms with E-state index in [1.165, 1.54) is 172 Å². The number of rotatable bonds is 22. The fourth-order valence-electron chi connectivity index (χ4n) is 9.15. The van der Waals surface area contributed by atoms with Crippen LogP contribution in [0.5, 0.6) is 0 Å². The molecule has 2 heterocycles. The summed E-state index contributed by atoms with van der Waals surface area (Å²) in [6.07, 6.45) is 26.9. The van der Waals surface area contributed by atoms with Crippen LogP contribution in [-0.2, 0) is 13.1 Å². The zero-order valence-electron chi connectivity index (χ0n) is 32.3. The molecule has 0 spiro atoms. The molecule has 274 valence electrons. The van der Waals surface area contributed by atoms with E-state index in [2.05, 4.69) is 95.8 Å². The van der Waals surface area contributed by atoms with Crippen molar-refractivity contribution in [3.63, 3.8) is 0 Å². The van der Waals surface area contributed by atoms with Crippen LogP contribution in [-0.4, -0.2) is 14.9 Å². The fraction of sp³-hybridized carbons (Fsp3) is 0.490. The Bertz CT molecular complexity index is 1960. The summed E-state index contributed by atoms with van der Waals surface area (Å²) in [5, 5.41) is 4.94. The van der Waals surface area contributed by atoms with E-state index in [9.17, 15) is 4.79 Å². The van der Waals surface area contributed by atoms with Crippen LogP contribution in [0, 0.1) is 0 Å². The van der Waals surface area contributed by atoms with Gasteiger partial charge in [-0.05, 0) is 60.4 Å². The van der Waals surface area contributed by atoms with Crippen molar-refractivity contribution in [2.45, 2.75) is 155 Å². The first-order valence-electron chi connectivity index (χ1n) is 21.4. The molecule has 0 aliphatic heterocycles. The minimum atomic E-state index is 0.173. The summed E-state index contributed by atoms with van der Waals surface area (Å²) in [4.78, 5) is 14.2. The molecule has 0 bridgehead atoms. The molecule has 6 aromatic rings. The molecule has 0 N–H and O–H groups in total. The van der Waals surface area contributed by atoms with Crippen LogP contribution in [0.15, 0.2) is 72.8 Å². The van der Waals surface area contributed by atoms with E-state index < -0.39 is 0 Å². The lowest BCUT2D eigenvalue weighted by Crippen LogP contribution is -1.98. The van der Waals surface area contributed by atoms with Gasteiger partial charge >= 0.3 is 0 Å². The molecule has 0 fully saturated rings. The maximum atomic E-state index is 14.2. The number of para-hydroxylation sites is 2. The van der Waals surface area contributed by atoms with Crippen LogP contribution in [0.3, 0.4) is 0 Å². The number of nitrogens with zero attached hydrogens (tertiary/aromatic N) is 2. The van der Waals surface area contributed by atoms with Gasteiger partial charge in [-0.25, -0.2) is 0 Å². The first-order valence-corrected chi connectivity index (χ1v) is 21.4. The predicted octanol–water partition coefficient (Wildman–Crippen LogP) is 15.0. The zero-order valence-corrected chi connectivity index (χ0v) is 32.3. The quantitative estimate of drug-likeness (QED) is 0.0649. The second-order valence-electron chi connectivity index (χ2n) is 15.9. The smallest absolute Gasteiger partial charge is 0.194 e. The lowest BCUT2D eigenvalue weighted by atomic mass is 10.0. The molecule has 0 atom stereocenters. The van der Waals surface area contributed by atoms with Gasteiger partial charge in [-0.1, -0.05) is 166 Å². The lowest BCUT2D eigenvalue weighted by molar-refractivity contribution is 0.104. The molecule has 0 amide bonds. The third kappa shape index (κ3) is 7.75. The largest absolute Gasteiger partial charge is 0.340 e. The van der Waals surface area contributed by atoms with Crippen LogP contribution in [0.1, 0.15) is 158 Å². The van der Waals surface area contributed by atoms with Gasteiger partial charge in [0.25, 0.3) is 0 Å². The van der Waals surface area contributed by atoms with Gasteiger partial charge in [-0.15, -0.1) is 0 Å². The van der Waals surface area contributed by atoms with E-state index in [0.29, 0.717) is 0 Å². The van der Waals surface area contributed by atoms with Gasteiger partial charge in [-0.3, -0.25) is 4.79 Å². The van der Waals surface area contributed by atoms with Gasteiger partial charge < -0.3 is 9.13 Å². The number of carbonyl (C=O) groups is 1. The van der Waals surface area contributed by atoms with E-state index in [0.717, 1.165) is 35.3 Å². The second-order valence-corrected chi connectivity index (χ2v) is 15.9. The van der Waals surface area contributed by atoms with Crippen LogP contribution < -0.4 is 0 Å². The Morgan fingerprint density at radius 3 is 1.10 bits per heavy atom. The lowest BCUT2D eigenvalue weighted by Gasteiger charge is -2.10. The first kappa shape index (κ1) is 36.5. The monoisotopic (exact) mass is 694 g/mol. The van der Waals surface area contributed by atoms with E-state index in [-0.39, 0.29) is 5.78 Å². The van der Waals surface area contributed by atoms with E-state index >= 15 is 0 Å². The summed E-state index contributed by atoms with van der Waals surface area (Å²) in [6, 6.07) is 26.7. The molecule has 1 aliphatic carbocycles. The Kier molecular flexibility index (Phi) is 12.5. The van der Waals surface area contributed by atoms with Crippen LogP contribution >= 0.6 is 0 Å². The predicted molar refractivity (Wildman–Crippen MR) is 225 cm³/mol. The summed E-state index contributed by atoms with van der Waals surface area (Å²) in [7, 11) is 0. The van der Waals surface area contributed by atoms with Crippen molar-refractivity contribution in [1.29, 1.82) is 0 Å². The van der Waals surface area contributed by atoms with Crippen LogP contribution in [0.2, 0.25) is 0 Å². The highest BCUT2D eigenvalue weighted by Crippen LogP contribution is 2.44. The third-order valence-electron chi connectivity index (χ3n) is 12.1. The zero-order chi connectivity index (χ0) is 35.7. The normalized spacial score (nSPS) is 12.6. The Hall–Kier alpha value is -3.85. The van der Waals surface area contributed by atoms with Gasteiger partial charge in [0.2, 0.25) is 0 Å². The average Bonchev–Trinajstić information content (AvgIpc) is 3.75. The highest BCUT2D eigenvalue weighted by molar-refractivity contribution is 6.27. The van der Waals surface area contributed by atoms with Crippen molar-refractivity contribution in [3.8, 4) is 11.1 Å². The number of hydrogen-bond donors (Lipinski definition) is 0. The Balaban J connectivity index is 1.11. The van der Waals surface area contributed by atoms with Crippen molar-refractivity contribution in [2.75, 3.05) is 0 Å². The number of carbonyl (C=O) groups excluding carboxylic acids is 1. The molecular formula is C49H62N2O. The topological polar surface area (TPSA) is 26.9 Å². The molecule has 3 nitrogen and oxygen atoms in total. The van der Waals surface area contributed by atoms with Gasteiger partial charge in [-0.2, -0.15) is 0 Å². The highest BCUT2D eigenvalue weighted by Gasteiger charge is 2.30. The molecule has 4 aromatic carbocycles. The molecule has 0 saturated carbocycles. The molecule has 1 aliphatic rings. The summed E-state index contributed by atoms with van der Waals surface area (Å²) in [5.74, 6) is 0.173. The molecular weight excluding hydrogens is 633 g/mol. The SMILES string of the molecule is CCCCCCCCCCCCn1c2ccccc2c2cc3c(cc21)-c1cc2c(cc1C3=O)c1ccccc1n2CCCCCCCCCCCC. The van der Waals surface area contributed by atoms with Crippen molar-refractivity contribution in [2.24, 2.45) is 0 Å². The third-order valence-corrected chi connectivity index (χ3v) is 12.1. The first-order chi connectivity index (χ1) is 25.7.